The van der Waals surface area contributed by atoms with E-state index in [2.05, 4.69) is 6.92 Å². The van der Waals surface area contributed by atoms with Crippen molar-refractivity contribution in [2.45, 2.75) is 57.9 Å². The lowest BCUT2D eigenvalue weighted by Crippen LogP contribution is -2.44. The second-order valence-electron chi connectivity index (χ2n) is 7.93. The molecule has 1 amide bonds. The Balaban J connectivity index is 1.88. The van der Waals surface area contributed by atoms with E-state index in [1.54, 1.807) is 19.1 Å². The van der Waals surface area contributed by atoms with Crippen molar-refractivity contribution in [3.63, 3.8) is 0 Å². The van der Waals surface area contributed by atoms with Gasteiger partial charge < -0.3 is 19.5 Å². The normalized spacial score (nSPS) is 24.4. The number of carboxylic acid groups (broad SMARTS) is 1. The second-order valence-corrected chi connectivity index (χ2v) is 7.93. The van der Waals surface area contributed by atoms with Crippen LogP contribution < -0.4 is 9.47 Å². The second kappa shape index (κ2) is 8.84. The highest BCUT2D eigenvalue weighted by Crippen LogP contribution is 2.41. The Labute approximate surface area is 166 Å². The fourth-order valence-electron chi connectivity index (χ4n) is 4.73. The van der Waals surface area contributed by atoms with Crippen LogP contribution in [0.3, 0.4) is 0 Å². The molecule has 6 heteroatoms. The van der Waals surface area contributed by atoms with E-state index >= 15 is 0 Å². The maximum atomic E-state index is 13.3. The van der Waals surface area contributed by atoms with E-state index in [-0.39, 0.29) is 18.2 Å². The predicted molar refractivity (Wildman–Crippen MR) is 106 cm³/mol. The summed E-state index contributed by atoms with van der Waals surface area (Å²) in [5.74, 6) is 1.14. The van der Waals surface area contributed by atoms with Crippen LogP contribution in [0.5, 0.6) is 11.5 Å². The number of nitrogens with zero attached hydrogens (tertiary/aromatic N) is 1. The summed E-state index contributed by atoms with van der Waals surface area (Å²) in [7, 11) is 3.15. The Morgan fingerprint density at radius 2 is 1.75 bits per heavy atom. The quantitative estimate of drug-likeness (QED) is 0.800. The molecule has 1 heterocycles. The van der Waals surface area contributed by atoms with Gasteiger partial charge in [-0.2, -0.15) is 0 Å². The molecule has 1 atom stereocenters. The highest BCUT2D eigenvalue weighted by Gasteiger charge is 2.37. The third-order valence-electron chi connectivity index (χ3n) is 6.43. The van der Waals surface area contributed by atoms with E-state index in [0.29, 0.717) is 24.5 Å². The molecular weight excluding hydrogens is 358 g/mol. The zero-order valence-electron chi connectivity index (χ0n) is 17.1. The van der Waals surface area contributed by atoms with Crippen LogP contribution in [0.1, 0.15) is 62.6 Å². The van der Waals surface area contributed by atoms with Gasteiger partial charge in [0.15, 0.2) is 11.5 Å². The van der Waals surface area contributed by atoms with Crippen molar-refractivity contribution in [3.8, 4) is 11.5 Å². The van der Waals surface area contributed by atoms with Gasteiger partial charge in [-0.05, 0) is 61.3 Å². The molecular formula is C22H31NO5. The van der Waals surface area contributed by atoms with E-state index < -0.39 is 12.0 Å². The van der Waals surface area contributed by atoms with Gasteiger partial charge in [-0.1, -0.05) is 13.3 Å². The summed E-state index contributed by atoms with van der Waals surface area (Å²) in [5.41, 5.74) is 1.89. The van der Waals surface area contributed by atoms with Crippen LogP contribution in [-0.2, 0) is 16.0 Å². The number of methoxy groups -OCH3 is 2. The molecule has 0 aromatic heterocycles. The molecule has 6 nitrogen and oxygen atoms in total. The largest absolute Gasteiger partial charge is 0.493 e. The molecule has 154 valence electrons. The SMILES string of the molecule is CCC1CCC(C(=O)N2CCc3cc(OC)c(OC)cc3C2CC(=O)O)CC1. The molecule has 1 unspecified atom stereocenters. The standard InChI is InChI=1S/C22H31NO5/c1-4-14-5-7-15(8-6-14)22(26)23-10-9-16-11-19(27-2)20(28-3)12-17(16)18(23)13-21(24)25/h11-12,14-15,18H,4-10,13H2,1-3H3,(H,24,25). The Hall–Kier alpha value is -2.24. The summed E-state index contributed by atoms with van der Waals surface area (Å²) in [6.45, 7) is 2.76. The fourth-order valence-corrected chi connectivity index (χ4v) is 4.73. The summed E-state index contributed by atoms with van der Waals surface area (Å²) >= 11 is 0. The topological polar surface area (TPSA) is 76.1 Å². The molecule has 0 radical (unpaired) electrons. The highest BCUT2D eigenvalue weighted by atomic mass is 16.5. The van der Waals surface area contributed by atoms with Crippen molar-refractivity contribution >= 4 is 11.9 Å². The lowest BCUT2D eigenvalue weighted by atomic mass is 9.79. The van der Waals surface area contributed by atoms with Crippen molar-refractivity contribution in [1.29, 1.82) is 0 Å². The summed E-state index contributed by atoms with van der Waals surface area (Å²) in [4.78, 5) is 26.7. The maximum absolute atomic E-state index is 13.3. The third kappa shape index (κ3) is 4.10. The molecule has 1 saturated carbocycles. The number of hydrogen-bond donors (Lipinski definition) is 1. The molecule has 2 aliphatic rings. The van der Waals surface area contributed by atoms with Crippen LogP contribution in [-0.4, -0.2) is 42.6 Å². The zero-order chi connectivity index (χ0) is 20.3. The Morgan fingerprint density at radius 1 is 1.11 bits per heavy atom. The molecule has 3 rings (SSSR count). The molecule has 1 fully saturated rings. The first-order chi connectivity index (χ1) is 13.5. The first kappa shape index (κ1) is 20.5. The van der Waals surface area contributed by atoms with Crippen LogP contribution in [0, 0.1) is 11.8 Å². The minimum absolute atomic E-state index is 0.0146. The van der Waals surface area contributed by atoms with Crippen LogP contribution >= 0.6 is 0 Å². The van der Waals surface area contributed by atoms with Crippen LogP contribution in [0.4, 0.5) is 0 Å². The molecule has 1 aromatic rings. The number of benzene rings is 1. The molecule has 1 aliphatic carbocycles. The number of carbonyl (C=O) groups excluding carboxylic acids is 1. The number of hydrogen-bond acceptors (Lipinski definition) is 4. The van der Waals surface area contributed by atoms with Gasteiger partial charge in [0.1, 0.15) is 0 Å². The van der Waals surface area contributed by atoms with E-state index in [0.717, 1.165) is 42.7 Å². The minimum atomic E-state index is -0.903. The molecule has 0 saturated heterocycles. The van der Waals surface area contributed by atoms with Gasteiger partial charge in [-0.3, -0.25) is 9.59 Å². The number of aliphatic carboxylic acids is 1. The van der Waals surface area contributed by atoms with Gasteiger partial charge in [0.25, 0.3) is 0 Å². The van der Waals surface area contributed by atoms with Crippen molar-refractivity contribution in [2.24, 2.45) is 11.8 Å². The first-order valence-corrected chi connectivity index (χ1v) is 10.3. The molecule has 28 heavy (non-hydrogen) atoms. The zero-order valence-corrected chi connectivity index (χ0v) is 17.1. The van der Waals surface area contributed by atoms with Crippen molar-refractivity contribution in [3.05, 3.63) is 23.3 Å². The van der Waals surface area contributed by atoms with Crippen molar-refractivity contribution < 1.29 is 24.2 Å². The molecule has 0 bridgehead atoms. The van der Waals surface area contributed by atoms with E-state index in [1.165, 1.54) is 6.42 Å². The number of carboxylic acids is 1. The molecule has 0 spiro atoms. The first-order valence-electron chi connectivity index (χ1n) is 10.3. The van der Waals surface area contributed by atoms with E-state index in [1.807, 2.05) is 12.1 Å². The van der Waals surface area contributed by atoms with Crippen LogP contribution in [0.25, 0.3) is 0 Å². The lowest BCUT2D eigenvalue weighted by Gasteiger charge is -2.40. The van der Waals surface area contributed by atoms with E-state index in [4.69, 9.17) is 9.47 Å². The molecule has 1 aliphatic heterocycles. The van der Waals surface area contributed by atoms with Crippen molar-refractivity contribution in [2.75, 3.05) is 20.8 Å². The minimum Gasteiger partial charge on any atom is -0.493 e. The number of fused-ring (bicyclic) bond motifs is 1. The van der Waals surface area contributed by atoms with Crippen LogP contribution in [0.15, 0.2) is 12.1 Å². The van der Waals surface area contributed by atoms with Gasteiger partial charge in [0.2, 0.25) is 5.91 Å². The smallest absolute Gasteiger partial charge is 0.305 e. The Kier molecular flexibility index (Phi) is 6.47. The summed E-state index contributed by atoms with van der Waals surface area (Å²) in [6.07, 6.45) is 5.76. The third-order valence-corrected chi connectivity index (χ3v) is 6.43. The highest BCUT2D eigenvalue weighted by molar-refractivity contribution is 5.81. The number of carbonyl (C=O) groups is 2. The Bertz CT molecular complexity index is 724. The average Bonchev–Trinajstić information content (AvgIpc) is 2.72. The summed E-state index contributed by atoms with van der Waals surface area (Å²) in [6, 6.07) is 3.30. The van der Waals surface area contributed by atoms with Gasteiger partial charge in [0, 0.05) is 12.5 Å². The van der Waals surface area contributed by atoms with Gasteiger partial charge in [-0.25, -0.2) is 0 Å². The van der Waals surface area contributed by atoms with E-state index in [9.17, 15) is 14.7 Å². The monoisotopic (exact) mass is 389 g/mol. The molecule has 1 aromatic carbocycles. The summed E-state index contributed by atoms with van der Waals surface area (Å²) in [5, 5.41) is 9.50. The number of amides is 1. The van der Waals surface area contributed by atoms with Crippen LogP contribution in [0.2, 0.25) is 0 Å². The van der Waals surface area contributed by atoms with Gasteiger partial charge in [0.05, 0.1) is 26.7 Å². The average molecular weight is 389 g/mol. The number of ether oxygens (including phenoxy) is 2. The number of rotatable bonds is 6. The lowest BCUT2D eigenvalue weighted by molar-refractivity contribution is -0.144. The molecule has 1 N–H and O–H groups in total. The van der Waals surface area contributed by atoms with Crippen molar-refractivity contribution in [1.82, 2.24) is 4.90 Å². The fraction of sp³-hybridized carbons (Fsp3) is 0.636. The predicted octanol–water partition coefficient (Wildman–Crippen LogP) is 3.82. The van der Waals surface area contributed by atoms with Gasteiger partial charge >= 0.3 is 5.97 Å². The maximum Gasteiger partial charge on any atom is 0.305 e. The summed E-state index contributed by atoms with van der Waals surface area (Å²) < 4.78 is 10.8. The van der Waals surface area contributed by atoms with Gasteiger partial charge in [-0.15, -0.1) is 0 Å². The Morgan fingerprint density at radius 3 is 2.32 bits per heavy atom.